The number of aromatic amines is 1. The predicted molar refractivity (Wildman–Crippen MR) is 113 cm³/mol. The monoisotopic (exact) mass is 372 g/mol. The minimum absolute atomic E-state index is 0.00676. The Morgan fingerprint density at radius 2 is 1.75 bits per heavy atom. The zero-order chi connectivity index (χ0) is 19.1. The van der Waals surface area contributed by atoms with E-state index in [0.29, 0.717) is 12.6 Å². The largest absolute Gasteiger partial charge is 0.358 e. The quantitative estimate of drug-likeness (QED) is 0.591. The molecule has 3 heterocycles. The molecule has 2 aromatic heterocycles. The molecule has 1 aliphatic heterocycles. The number of piperidine rings is 1. The highest BCUT2D eigenvalue weighted by molar-refractivity contribution is 5.85. The second kappa shape index (κ2) is 6.91. The lowest BCUT2D eigenvalue weighted by Gasteiger charge is -2.32. The Labute approximate surface area is 163 Å². The standard InChI is InChI=1S/C23H24N4O/c1-16-22(20-8-4-5-9-21(20)25-16)17-10-12-26(13-11-17)15-27-23(28)19-7-3-2-6-18(19)14-24-27/h2-9,14,17,25H,10-13,15H2,1H3. The van der Waals surface area contributed by atoms with Crippen LogP contribution in [0.1, 0.15) is 30.0 Å². The molecular formula is C23H24N4O. The highest BCUT2D eigenvalue weighted by Gasteiger charge is 2.25. The molecular weight excluding hydrogens is 348 g/mol. The van der Waals surface area contributed by atoms with Crippen molar-refractivity contribution in [1.82, 2.24) is 19.7 Å². The second-order valence-electron chi connectivity index (χ2n) is 7.78. The third-order valence-corrected chi connectivity index (χ3v) is 6.04. The fraction of sp³-hybridized carbons (Fsp3) is 0.304. The molecule has 5 rings (SSSR count). The number of para-hydroxylation sites is 1. The molecule has 28 heavy (non-hydrogen) atoms. The lowest BCUT2D eigenvalue weighted by molar-refractivity contribution is 0.159. The van der Waals surface area contributed by atoms with Crippen LogP contribution in [0.25, 0.3) is 21.7 Å². The van der Waals surface area contributed by atoms with Gasteiger partial charge in [-0.15, -0.1) is 0 Å². The smallest absolute Gasteiger partial charge is 0.275 e. The first-order valence-electron chi connectivity index (χ1n) is 9.95. The summed E-state index contributed by atoms with van der Waals surface area (Å²) in [5, 5.41) is 7.37. The number of nitrogens with zero attached hydrogens (tertiary/aromatic N) is 3. The summed E-state index contributed by atoms with van der Waals surface area (Å²) < 4.78 is 1.60. The maximum atomic E-state index is 12.7. The maximum absolute atomic E-state index is 12.7. The van der Waals surface area contributed by atoms with E-state index >= 15 is 0 Å². The van der Waals surface area contributed by atoms with Gasteiger partial charge in [0.2, 0.25) is 0 Å². The maximum Gasteiger partial charge on any atom is 0.275 e. The number of aromatic nitrogens is 3. The number of benzene rings is 2. The van der Waals surface area contributed by atoms with Gasteiger partial charge < -0.3 is 4.98 Å². The fourth-order valence-corrected chi connectivity index (χ4v) is 4.61. The van der Waals surface area contributed by atoms with Gasteiger partial charge in [0.05, 0.1) is 18.3 Å². The first-order valence-corrected chi connectivity index (χ1v) is 9.95. The highest BCUT2D eigenvalue weighted by Crippen LogP contribution is 2.35. The van der Waals surface area contributed by atoms with Gasteiger partial charge in [-0.2, -0.15) is 5.10 Å². The molecule has 142 valence electrons. The van der Waals surface area contributed by atoms with Gasteiger partial charge in [0.15, 0.2) is 0 Å². The Bertz CT molecular complexity index is 1200. The van der Waals surface area contributed by atoms with Gasteiger partial charge in [-0.1, -0.05) is 36.4 Å². The molecule has 0 saturated carbocycles. The molecule has 0 amide bonds. The van der Waals surface area contributed by atoms with Crippen LogP contribution in [-0.4, -0.2) is 32.8 Å². The first-order chi connectivity index (χ1) is 13.7. The molecule has 0 atom stereocenters. The van der Waals surface area contributed by atoms with Crippen LogP contribution in [0.2, 0.25) is 0 Å². The van der Waals surface area contributed by atoms with Crippen LogP contribution in [-0.2, 0) is 6.67 Å². The van der Waals surface area contributed by atoms with Gasteiger partial charge in [0.25, 0.3) is 5.56 Å². The summed E-state index contributed by atoms with van der Waals surface area (Å²) in [6.07, 6.45) is 3.99. The number of nitrogens with one attached hydrogen (secondary N) is 1. The van der Waals surface area contributed by atoms with Gasteiger partial charge in [-0.3, -0.25) is 9.69 Å². The number of rotatable bonds is 3. The molecule has 2 aromatic carbocycles. The first kappa shape index (κ1) is 17.2. The van der Waals surface area contributed by atoms with Gasteiger partial charge in [-0.05, 0) is 43.4 Å². The lowest BCUT2D eigenvalue weighted by Crippen LogP contribution is -2.38. The molecule has 1 N–H and O–H groups in total. The van der Waals surface area contributed by atoms with Crippen molar-refractivity contribution in [3.63, 3.8) is 0 Å². The van der Waals surface area contributed by atoms with E-state index in [9.17, 15) is 4.79 Å². The van der Waals surface area contributed by atoms with Crippen molar-refractivity contribution in [1.29, 1.82) is 0 Å². The molecule has 0 unspecified atom stereocenters. The SMILES string of the molecule is Cc1[nH]c2ccccc2c1C1CCN(Cn2ncc3ccccc3c2=O)CC1. The van der Waals surface area contributed by atoms with Crippen LogP contribution in [0.4, 0.5) is 0 Å². The normalized spacial score (nSPS) is 16.2. The summed E-state index contributed by atoms with van der Waals surface area (Å²) in [5.41, 5.74) is 3.97. The summed E-state index contributed by atoms with van der Waals surface area (Å²) in [4.78, 5) is 18.6. The second-order valence-corrected chi connectivity index (χ2v) is 7.78. The average Bonchev–Trinajstić information content (AvgIpc) is 3.07. The fourth-order valence-electron chi connectivity index (χ4n) is 4.61. The summed E-state index contributed by atoms with van der Waals surface area (Å²) >= 11 is 0. The zero-order valence-electron chi connectivity index (χ0n) is 16.1. The number of fused-ring (bicyclic) bond motifs is 2. The Morgan fingerprint density at radius 3 is 2.57 bits per heavy atom. The van der Waals surface area contributed by atoms with Crippen molar-refractivity contribution in [2.24, 2.45) is 0 Å². The van der Waals surface area contributed by atoms with Crippen LogP contribution in [0.5, 0.6) is 0 Å². The molecule has 1 saturated heterocycles. The van der Waals surface area contributed by atoms with Crippen LogP contribution in [0, 0.1) is 6.92 Å². The predicted octanol–water partition coefficient (Wildman–Crippen LogP) is 4.02. The molecule has 4 aromatic rings. The van der Waals surface area contributed by atoms with Gasteiger partial charge >= 0.3 is 0 Å². The van der Waals surface area contributed by atoms with Crippen molar-refractivity contribution in [3.8, 4) is 0 Å². The minimum atomic E-state index is -0.00676. The van der Waals surface area contributed by atoms with Crippen molar-refractivity contribution >= 4 is 21.7 Å². The Hall–Kier alpha value is -2.92. The molecule has 0 aliphatic carbocycles. The molecule has 0 radical (unpaired) electrons. The van der Waals surface area contributed by atoms with Crippen molar-refractivity contribution in [3.05, 3.63) is 76.3 Å². The molecule has 5 nitrogen and oxygen atoms in total. The van der Waals surface area contributed by atoms with E-state index in [1.54, 1.807) is 10.9 Å². The Kier molecular flexibility index (Phi) is 4.24. The van der Waals surface area contributed by atoms with Gasteiger partial charge in [-0.25, -0.2) is 4.68 Å². The number of likely N-dealkylation sites (tertiary alicyclic amines) is 1. The summed E-state index contributed by atoms with van der Waals surface area (Å²) in [7, 11) is 0. The molecule has 5 heteroatoms. The molecule has 0 spiro atoms. The van der Waals surface area contributed by atoms with Crippen molar-refractivity contribution in [2.45, 2.75) is 32.4 Å². The summed E-state index contributed by atoms with van der Waals surface area (Å²) in [5.74, 6) is 0.564. The van der Waals surface area contributed by atoms with E-state index in [-0.39, 0.29) is 5.56 Å². The van der Waals surface area contributed by atoms with Crippen LogP contribution in [0.3, 0.4) is 0 Å². The zero-order valence-corrected chi connectivity index (χ0v) is 16.1. The van der Waals surface area contributed by atoms with Crippen molar-refractivity contribution in [2.75, 3.05) is 13.1 Å². The van der Waals surface area contributed by atoms with Crippen LogP contribution < -0.4 is 5.56 Å². The third-order valence-electron chi connectivity index (χ3n) is 6.04. The number of hydrogen-bond donors (Lipinski definition) is 1. The molecule has 0 bridgehead atoms. The molecule has 1 aliphatic rings. The Morgan fingerprint density at radius 1 is 1.04 bits per heavy atom. The van der Waals surface area contributed by atoms with Gasteiger partial charge in [0, 0.05) is 35.1 Å². The summed E-state index contributed by atoms with van der Waals surface area (Å²) in [6.45, 7) is 4.69. The topological polar surface area (TPSA) is 53.9 Å². The van der Waals surface area contributed by atoms with E-state index in [2.05, 4.69) is 46.2 Å². The average molecular weight is 372 g/mol. The van der Waals surface area contributed by atoms with Crippen LogP contribution >= 0.6 is 0 Å². The number of aryl methyl sites for hydroxylation is 1. The lowest BCUT2D eigenvalue weighted by atomic mass is 9.87. The Balaban J connectivity index is 1.33. The van der Waals surface area contributed by atoms with Crippen molar-refractivity contribution < 1.29 is 0 Å². The molecule has 1 fully saturated rings. The number of H-pyrrole nitrogens is 1. The van der Waals surface area contributed by atoms with E-state index in [0.717, 1.165) is 36.7 Å². The van der Waals surface area contributed by atoms with E-state index in [1.165, 1.54) is 22.2 Å². The highest BCUT2D eigenvalue weighted by atomic mass is 16.1. The summed E-state index contributed by atoms with van der Waals surface area (Å²) in [6, 6.07) is 16.2. The van der Waals surface area contributed by atoms with E-state index in [4.69, 9.17) is 0 Å². The van der Waals surface area contributed by atoms with Gasteiger partial charge in [0.1, 0.15) is 0 Å². The van der Waals surface area contributed by atoms with E-state index in [1.807, 2.05) is 24.3 Å². The third kappa shape index (κ3) is 2.92. The number of hydrogen-bond acceptors (Lipinski definition) is 3. The van der Waals surface area contributed by atoms with E-state index < -0.39 is 0 Å². The minimum Gasteiger partial charge on any atom is -0.358 e. The van der Waals surface area contributed by atoms with Crippen LogP contribution in [0.15, 0.2) is 59.5 Å².